The monoisotopic (exact) mass is 420 g/mol. The number of nitrogens with two attached hydrogens (primary N) is 1. The number of β-lactam (4-membered cyclic amide) rings is 1. The van der Waals surface area contributed by atoms with Gasteiger partial charge in [-0.25, -0.2) is 9.78 Å². The Morgan fingerprint density at radius 1 is 1.52 bits per heavy atom. The molecule has 2 atom stereocenters. The maximum Gasteiger partial charge on any atom is 0.352 e. The number of nitrogens with one attached hydrogen (secondary N) is 1. The number of carbonyl (C=O) groups excluding carboxylic acids is 2. The fourth-order valence-corrected chi connectivity index (χ4v) is 4.52. The van der Waals surface area contributed by atoms with Crippen LogP contribution in [0.15, 0.2) is 21.8 Å². The van der Waals surface area contributed by atoms with Gasteiger partial charge in [-0.05, 0) is 12.5 Å². The van der Waals surface area contributed by atoms with Gasteiger partial charge in [-0.2, -0.15) is 0 Å². The summed E-state index contributed by atoms with van der Waals surface area (Å²) in [6.07, 6.45) is 0. The van der Waals surface area contributed by atoms with Gasteiger partial charge in [0.05, 0.1) is 0 Å². The number of fused-ring (bicyclic) bond motifs is 1. The van der Waals surface area contributed by atoms with Gasteiger partial charge in [0.2, 0.25) is 0 Å². The molecule has 0 aromatic carbocycles. The Labute approximate surface area is 184 Å². The molecule has 10 nitrogen and oxygen atoms in total. The minimum Gasteiger partial charge on any atom is -0.477 e. The predicted octanol–water partition coefficient (Wildman–Crippen LogP) is -0.546. The first-order chi connectivity index (χ1) is 12.3. The van der Waals surface area contributed by atoms with Gasteiger partial charge >= 0.3 is 5.97 Å². The first-order valence-electron chi connectivity index (χ1n) is 7.36. The smallest absolute Gasteiger partial charge is 0.352 e. The number of aromatic nitrogens is 1. The van der Waals surface area contributed by atoms with Crippen LogP contribution in [0.5, 0.6) is 0 Å². The predicted molar refractivity (Wildman–Crippen MR) is 101 cm³/mol. The van der Waals surface area contributed by atoms with Crippen LogP contribution in [0.1, 0.15) is 12.6 Å². The van der Waals surface area contributed by atoms with Crippen LogP contribution in [0.2, 0.25) is 0 Å². The van der Waals surface area contributed by atoms with Crippen molar-refractivity contribution in [2.75, 3.05) is 18.6 Å². The van der Waals surface area contributed by atoms with E-state index in [-0.39, 0.29) is 51.8 Å². The third-order valence-corrected chi connectivity index (χ3v) is 5.91. The molecule has 3 rings (SSSR count). The zero-order valence-electron chi connectivity index (χ0n) is 14.8. The van der Waals surface area contributed by atoms with E-state index in [1.54, 1.807) is 12.3 Å². The molecule has 1 aromatic rings. The number of anilines is 1. The average molecular weight is 420 g/mol. The summed E-state index contributed by atoms with van der Waals surface area (Å²) in [7, 11) is 1.28. The molecule has 4 N–H and O–H groups in total. The van der Waals surface area contributed by atoms with Crippen molar-refractivity contribution in [1.82, 2.24) is 15.2 Å². The van der Waals surface area contributed by atoms with E-state index >= 15 is 0 Å². The van der Waals surface area contributed by atoms with E-state index in [0.29, 0.717) is 11.3 Å². The first kappa shape index (κ1) is 21.7. The summed E-state index contributed by atoms with van der Waals surface area (Å²) >= 11 is 2.52. The zero-order valence-corrected chi connectivity index (χ0v) is 18.4. The van der Waals surface area contributed by atoms with Gasteiger partial charge in [-0.1, -0.05) is 5.16 Å². The number of nitrogens with zero attached hydrogens (tertiary/aromatic N) is 3. The fraction of sp³-hybridized carbons (Fsp3) is 0.357. The molecule has 1 saturated heterocycles. The topological polar surface area (TPSA) is 147 Å². The number of carboxylic acids is 1. The molecule has 0 aliphatic carbocycles. The Bertz CT molecular complexity index is 855. The van der Waals surface area contributed by atoms with E-state index in [1.165, 1.54) is 23.8 Å². The normalized spacial score (nSPS) is 21.8. The van der Waals surface area contributed by atoms with E-state index in [0.717, 1.165) is 11.3 Å². The van der Waals surface area contributed by atoms with Crippen LogP contribution in [0.25, 0.3) is 0 Å². The maximum absolute atomic E-state index is 12.5. The van der Waals surface area contributed by atoms with Crippen LogP contribution in [-0.2, 0) is 19.2 Å². The first-order valence-corrected chi connectivity index (χ1v) is 9.29. The van der Waals surface area contributed by atoms with Gasteiger partial charge in [0, 0.05) is 40.7 Å². The van der Waals surface area contributed by atoms with Crippen molar-refractivity contribution in [1.29, 1.82) is 0 Å². The van der Waals surface area contributed by atoms with Crippen molar-refractivity contribution >= 4 is 81.3 Å². The summed E-state index contributed by atoms with van der Waals surface area (Å²) in [4.78, 5) is 46.2. The van der Waals surface area contributed by atoms with Gasteiger partial charge in [0.1, 0.15) is 29.9 Å². The van der Waals surface area contributed by atoms with Crippen molar-refractivity contribution in [3.63, 3.8) is 0 Å². The Kier molecular flexibility index (Phi) is 6.92. The molecule has 1 radical (unpaired) electrons. The maximum atomic E-state index is 12.5. The van der Waals surface area contributed by atoms with Gasteiger partial charge < -0.3 is 21.0 Å². The molecule has 3 heterocycles. The second kappa shape index (κ2) is 8.61. The molecule has 2 aliphatic rings. The van der Waals surface area contributed by atoms with Crippen molar-refractivity contribution in [2.24, 2.45) is 5.16 Å². The van der Waals surface area contributed by atoms with Crippen LogP contribution in [0.4, 0.5) is 5.13 Å². The Hall–Kier alpha value is -1.60. The van der Waals surface area contributed by atoms with E-state index < -0.39 is 29.2 Å². The number of nitrogen functional groups attached to an aromatic ring is 1. The number of hydrogen-bond donors (Lipinski definition) is 3. The fourth-order valence-electron chi connectivity index (χ4n) is 2.68. The number of aliphatic carboxylic acids is 1. The van der Waals surface area contributed by atoms with Crippen LogP contribution in [0, 0.1) is 0 Å². The molecule has 139 valence electrons. The van der Waals surface area contributed by atoms with Crippen molar-refractivity contribution in [3.05, 3.63) is 22.3 Å². The number of thioether (sulfide) groups is 1. The SMILES string of the molecule is CO/N=C(\C(=O)NC1C(=O)N2C(C(=O)O)=C(C)CS[C@H]12)c1csc(N)n1.[Na]. The Balaban J connectivity index is 0.00000261. The molecule has 1 aromatic heterocycles. The summed E-state index contributed by atoms with van der Waals surface area (Å²) in [5.41, 5.74) is 6.27. The minimum atomic E-state index is -1.16. The molecule has 13 heteroatoms. The van der Waals surface area contributed by atoms with Crippen molar-refractivity contribution < 1.29 is 24.3 Å². The molecular weight excluding hydrogens is 405 g/mol. The zero-order chi connectivity index (χ0) is 19.0. The number of carboxylic acid groups (broad SMARTS) is 1. The molecule has 2 amide bonds. The van der Waals surface area contributed by atoms with Crippen LogP contribution in [-0.4, -0.2) is 92.3 Å². The van der Waals surface area contributed by atoms with Crippen molar-refractivity contribution in [3.8, 4) is 0 Å². The van der Waals surface area contributed by atoms with Gasteiger partial charge in [0.15, 0.2) is 10.8 Å². The molecule has 2 aliphatic heterocycles. The van der Waals surface area contributed by atoms with Gasteiger partial charge in [-0.15, -0.1) is 23.1 Å². The van der Waals surface area contributed by atoms with Crippen LogP contribution in [0.3, 0.4) is 0 Å². The molecule has 1 fully saturated rings. The molecule has 0 spiro atoms. The number of hydrogen-bond acceptors (Lipinski definition) is 9. The van der Waals surface area contributed by atoms with E-state index in [1.807, 2.05) is 0 Å². The van der Waals surface area contributed by atoms with Crippen LogP contribution < -0.4 is 11.1 Å². The summed E-state index contributed by atoms with van der Waals surface area (Å²) in [6, 6.07) is -0.854. The summed E-state index contributed by atoms with van der Waals surface area (Å²) in [5.74, 6) is -1.84. The molecule has 1 unspecified atom stereocenters. The Morgan fingerprint density at radius 2 is 2.22 bits per heavy atom. The number of thiazole rings is 1. The third kappa shape index (κ3) is 3.99. The average Bonchev–Trinajstić information content (AvgIpc) is 3.02. The summed E-state index contributed by atoms with van der Waals surface area (Å²) < 4.78 is 0. The number of carbonyl (C=O) groups is 3. The van der Waals surface area contributed by atoms with Gasteiger partial charge in [-0.3, -0.25) is 14.5 Å². The van der Waals surface area contributed by atoms with E-state index in [4.69, 9.17) is 5.73 Å². The second-order valence-corrected chi connectivity index (χ2v) is 7.48. The number of rotatable bonds is 5. The number of oxime groups is 1. The molecule has 0 saturated carbocycles. The largest absolute Gasteiger partial charge is 0.477 e. The molecule has 0 bridgehead atoms. The van der Waals surface area contributed by atoms with E-state index in [2.05, 4.69) is 20.3 Å². The minimum absolute atomic E-state index is 0. The van der Waals surface area contributed by atoms with E-state index in [9.17, 15) is 19.5 Å². The standard InChI is InChI=1S/C14H15N5O5S2.Na/c1-5-3-25-12-8(11(21)19(12)9(5)13(22)23)17-10(20)7(18-24-2)6-4-26-14(15)16-6;/h4,8,12H,3H2,1-2H3,(H2,15,16)(H,17,20)(H,22,23);/b18-7-;/t8?,12-;/m1./s1. The van der Waals surface area contributed by atoms with Crippen molar-refractivity contribution in [2.45, 2.75) is 18.3 Å². The number of amides is 2. The van der Waals surface area contributed by atoms with Crippen LogP contribution >= 0.6 is 23.1 Å². The summed E-state index contributed by atoms with van der Waals surface area (Å²) in [5, 5.41) is 16.9. The third-order valence-electron chi connectivity index (χ3n) is 3.81. The summed E-state index contributed by atoms with van der Waals surface area (Å²) in [6.45, 7) is 1.67. The Morgan fingerprint density at radius 3 is 2.78 bits per heavy atom. The molecular formula is C14H15N5NaO5S2. The molecule has 27 heavy (non-hydrogen) atoms. The second-order valence-electron chi connectivity index (χ2n) is 5.49. The van der Waals surface area contributed by atoms with Gasteiger partial charge in [0.25, 0.3) is 11.8 Å². The quantitative estimate of drug-likeness (QED) is 0.249.